The minimum absolute atomic E-state index is 0.433. The highest BCUT2D eigenvalue weighted by Gasteiger charge is 2.36. The maximum absolute atomic E-state index is 10.8. The van der Waals surface area contributed by atoms with Crippen molar-refractivity contribution in [2.45, 2.75) is 37.0 Å². The first-order chi connectivity index (χ1) is 7.41. The molecular formula is C10H13BrO5. The molecule has 0 fully saturated rings. The van der Waals surface area contributed by atoms with Gasteiger partial charge in [-0.2, -0.15) is 0 Å². The molecule has 0 heterocycles. The van der Waals surface area contributed by atoms with Crippen molar-refractivity contribution in [2.75, 3.05) is 0 Å². The summed E-state index contributed by atoms with van der Waals surface area (Å²) in [5.74, 6) is -0.906. The summed E-state index contributed by atoms with van der Waals surface area (Å²) in [6, 6.07) is 0. The lowest BCUT2D eigenvalue weighted by molar-refractivity contribution is -0.153. The molecule has 0 amide bonds. The lowest BCUT2D eigenvalue weighted by Gasteiger charge is -2.31. The second-order valence-electron chi connectivity index (χ2n) is 3.47. The number of hydrogen-bond donors (Lipinski definition) is 1. The van der Waals surface area contributed by atoms with Crippen molar-refractivity contribution in [2.24, 2.45) is 0 Å². The van der Waals surface area contributed by atoms with Crippen LogP contribution in [0, 0.1) is 0 Å². The zero-order valence-electron chi connectivity index (χ0n) is 8.92. The van der Waals surface area contributed by atoms with Gasteiger partial charge >= 0.3 is 11.9 Å². The van der Waals surface area contributed by atoms with Gasteiger partial charge in [-0.15, -0.1) is 0 Å². The van der Waals surface area contributed by atoms with Crippen LogP contribution in [0.25, 0.3) is 0 Å². The van der Waals surface area contributed by atoms with Crippen LogP contribution in [0.2, 0.25) is 0 Å². The van der Waals surface area contributed by atoms with E-state index in [0.717, 1.165) is 0 Å². The van der Waals surface area contributed by atoms with Crippen LogP contribution in [0.4, 0.5) is 0 Å². The van der Waals surface area contributed by atoms with Gasteiger partial charge in [0, 0.05) is 13.8 Å². The molecule has 0 bridgehead atoms. The molecule has 0 radical (unpaired) electrons. The Balaban J connectivity index is 2.70. The predicted octanol–water partition coefficient (Wildman–Crippen LogP) is 0.544. The number of halogens is 1. The van der Waals surface area contributed by atoms with E-state index in [-0.39, 0.29) is 0 Å². The molecule has 0 aromatic heterocycles. The Morgan fingerprint density at radius 2 is 1.56 bits per heavy atom. The molecule has 0 saturated carbocycles. The highest BCUT2D eigenvalue weighted by atomic mass is 79.9. The van der Waals surface area contributed by atoms with Crippen molar-refractivity contribution < 1.29 is 24.2 Å². The molecule has 6 heteroatoms. The first-order valence-electron chi connectivity index (χ1n) is 4.76. The Morgan fingerprint density at radius 1 is 1.12 bits per heavy atom. The average Bonchev–Trinajstić information content (AvgIpc) is 2.16. The number of hydrogen-bond acceptors (Lipinski definition) is 5. The summed E-state index contributed by atoms with van der Waals surface area (Å²) >= 11 is 3.21. The third-order valence-electron chi connectivity index (χ3n) is 2.07. The zero-order valence-corrected chi connectivity index (χ0v) is 10.5. The molecule has 1 N–H and O–H groups in total. The van der Waals surface area contributed by atoms with E-state index in [0.29, 0.717) is 0 Å². The van der Waals surface area contributed by atoms with Gasteiger partial charge in [0.2, 0.25) is 0 Å². The third-order valence-corrected chi connectivity index (χ3v) is 3.13. The molecule has 0 aromatic carbocycles. The fourth-order valence-corrected chi connectivity index (χ4v) is 2.00. The highest BCUT2D eigenvalue weighted by molar-refractivity contribution is 9.09. The summed E-state index contributed by atoms with van der Waals surface area (Å²) in [4.78, 5) is 21.0. The third kappa shape index (κ3) is 3.31. The molecule has 5 nitrogen and oxygen atoms in total. The highest BCUT2D eigenvalue weighted by Crippen LogP contribution is 2.24. The molecular weight excluding hydrogens is 280 g/mol. The molecule has 0 unspecified atom stereocenters. The molecule has 1 aliphatic rings. The second kappa shape index (κ2) is 5.45. The van der Waals surface area contributed by atoms with E-state index in [9.17, 15) is 14.7 Å². The summed E-state index contributed by atoms with van der Waals surface area (Å²) < 4.78 is 9.83. The summed E-state index contributed by atoms with van der Waals surface area (Å²) in [5, 5.41) is 9.80. The predicted molar refractivity (Wildman–Crippen MR) is 59.0 cm³/mol. The Morgan fingerprint density at radius 3 is 2.06 bits per heavy atom. The number of aliphatic hydroxyl groups excluding tert-OH is 1. The van der Waals surface area contributed by atoms with E-state index < -0.39 is 35.1 Å². The molecule has 90 valence electrons. The summed E-state index contributed by atoms with van der Waals surface area (Å²) in [6.45, 7) is 2.56. The average molecular weight is 293 g/mol. The van der Waals surface area contributed by atoms with Crippen molar-refractivity contribution in [1.29, 1.82) is 0 Å². The van der Waals surface area contributed by atoms with E-state index in [1.165, 1.54) is 19.9 Å². The number of ether oxygens (including phenoxy) is 2. The monoisotopic (exact) mass is 292 g/mol. The van der Waals surface area contributed by atoms with Crippen LogP contribution in [0.15, 0.2) is 12.2 Å². The minimum atomic E-state index is -0.946. The Hall–Kier alpha value is -0.880. The Bertz CT molecular complexity index is 284. The second-order valence-corrected chi connectivity index (χ2v) is 4.53. The van der Waals surface area contributed by atoms with E-state index in [1.807, 2.05) is 0 Å². The van der Waals surface area contributed by atoms with Crippen molar-refractivity contribution in [3.05, 3.63) is 12.2 Å². The van der Waals surface area contributed by atoms with Gasteiger partial charge in [0.1, 0.15) is 18.3 Å². The fourth-order valence-electron chi connectivity index (χ4n) is 1.41. The maximum Gasteiger partial charge on any atom is 0.303 e. The van der Waals surface area contributed by atoms with Crippen molar-refractivity contribution >= 4 is 27.9 Å². The van der Waals surface area contributed by atoms with Crippen molar-refractivity contribution in [3.8, 4) is 0 Å². The normalized spacial score (nSPS) is 33.2. The van der Waals surface area contributed by atoms with Gasteiger partial charge in [-0.25, -0.2) is 0 Å². The van der Waals surface area contributed by atoms with Gasteiger partial charge in [0.15, 0.2) is 0 Å². The summed E-state index contributed by atoms with van der Waals surface area (Å²) in [5.41, 5.74) is 0. The van der Waals surface area contributed by atoms with Crippen molar-refractivity contribution in [1.82, 2.24) is 0 Å². The topological polar surface area (TPSA) is 72.8 Å². The van der Waals surface area contributed by atoms with E-state index in [4.69, 9.17) is 9.47 Å². The van der Waals surface area contributed by atoms with Crippen LogP contribution in [-0.4, -0.2) is 40.2 Å². The van der Waals surface area contributed by atoms with E-state index in [1.54, 1.807) is 6.08 Å². The van der Waals surface area contributed by atoms with Gasteiger partial charge in [-0.3, -0.25) is 9.59 Å². The number of rotatable bonds is 2. The first-order valence-corrected chi connectivity index (χ1v) is 5.68. The molecule has 0 spiro atoms. The number of carbonyl (C=O) groups excluding carboxylic acids is 2. The van der Waals surface area contributed by atoms with E-state index >= 15 is 0 Å². The lowest BCUT2D eigenvalue weighted by atomic mass is 9.99. The lowest BCUT2D eigenvalue weighted by Crippen LogP contribution is -2.45. The van der Waals surface area contributed by atoms with Crippen LogP contribution in [-0.2, 0) is 19.1 Å². The van der Waals surface area contributed by atoms with Crippen LogP contribution < -0.4 is 0 Å². The number of carbonyl (C=O) groups is 2. The molecule has 0 aromatic rings. The van der Waals surface area contributed by atoms with Gasteiger partial charge in [0.25, 0.3) is 0 Å². The van der Waals surface area contributed by atoms with Crippen LogP contribution >= 0.6 is 15.9 Å². The van der Waals surface area contributed by atoms with Gasteiger partial charge in [0.05, 0.1) is 4.83 Å². The number of aliphatic hydroxyl groups is 1. The van der Waals surface area contributed by atoms with Crippen molar-refractivity contribution in [3.63, 3.8) is 0 Å². The molecule has 0 saturated heterocycles. The fraction of sp³-hybridized carbons (Fsp3) is 0.600. The largest absolute Gasteiger partial charge is 0.457 e. The molecule has 0 aliphatic heterocycles. The van der Waals surface area contributed by atoms with Crippen LogP contribution in [0.1, 0.15) is 13.8 Å². The number of esters is 2. The minimum Gasteiger partial charge on any atom is -0.457 e. The maximum atomic E-state index is 10.8. The standard InChI is InChI=1S/C10H13BrO5/c1-5(12)15-7-3-4-8(16-6(2)13)10(14)9(7)11/h3-4,7-10,14H,1-2H3/t7-,8+,9+,10-/m1/s1. The molecule has 16 heavy (non-hydrogen) atoms. The molecule has 1 aliphatic carbocycles. The zero-order chi connectivity index (χ0) is 12.3. The van der Waals surface area contributed by atoms with Crippen LogP contribution in [0.5, 0.6) is 0 Å². The van der Waals surface area contributed by atoms with Gasteiger partial charge < -0.3 is 14.6 Å². The molecule has 1 rings (SSSR count). The summed E-state index contributed by atoms with van der Waals surface area (Å²) in [7, 11) is 0. The Kier molecular flexibility index (Phi) is 4.49. The summed E-state index contributed by atoms with van der Waals surface area (Å²) in [6.07, 6.45) is 0.879. The quantitative estimate of drug-likeness (QED) is 0.457. The van der Waals surface area contributed by atoms with Gasteiger partial charge in [-0.05, 0) is 12.2 Å². The van der Waals surface area contributed by atoms with Crippen LogP contribution in [0.3, 0.4) is 0 Å². The SMILES string of the molecule is CC(=O)O[C@H]1C=C[C@@H](OC(C)=O)[C@H](Br)[C@@H]1O. The smallest absolute Gasteiger partial charge is 0.303 e. The number of alkyl halides is 1. The Labute approximate surface area is 102 Å². The van der Waals surface area contributed by atoms with Gasteiger partial charge in [-0.1, -0.05) is 15.9 Å². The van der Waals surface area contributed by atoms with E-state index in [2.05, 4.69) is 15.9 Å². The first kappa shape index (κ1) is 13.2. The molecule has 4 atom stereocenters.